The van der Waals surface area contributed by atoms with Crippen molar-refractivity contribution in [3.05, 3.63) is 95.1 Å². The maximum atomic E-state index is 13.2. The van der Waals surface area contributed by atoms with Crippen LogP contribution in [-0.2, 0) is 6.54 Å². The van der Waals surface area contributed by atoms with Gasteiger partial charge < -0.3 is 15.4 Å². The Bertz CT molecular complexity index is 1480. The molecule has 1 aliphatic heterocycles. The number of rotatable bonds is 8. The van der Waals surface area contributed by atoms with E-state index in [0.717, 1.165) is 47.3 Å². The third-order valence-corrected chi connectivity index (χ3v) is 7.95. The Hall–Kier alpha value is -3.90. The molecule has 3 aromatic carbocycles. The summed E-state index contributed by atoms with van der Waals surface area (Å²) < 4.78 is 0. The number of hydrogen-bond acceptors (Lipinski definition) is 4. The van der Waals surface area contributed by atoms with E-state index in [-0.39, 0.29) is 17.8 Å². The first-order valence-electron chi connectivity index (χ1n) is 14.2. The minimum Gasteiger partial charge on any atom is -0.494 e. The average molecular weight is 521 g/mol. The highest BCUT2D eigenvalue weighted by Gasteiger charge is 2.32. The van der Waals surface area contributed by atoms with Gasteiger partial charge in [0.25, 0.3) is 5.91 Å². The zero-order valence-electron chi connectivity index (χ0n) is 22.5. The van der Waals surface area contributed by atoms with Gasteiger partial charge in [0.05, 0.1) is 23.0 Å². The fraction of sp³-hybridized carbons (Fsp3) is 0.333. The Morgan fingerprint density at radius 1 is 1.03 bits per heavy atom. The Morgan fingerprint density at radius 2 is 1.77 bits per heavy atom. The van der Waals surface area contributed by atoms with E-state index in [1.807, 2.05) is 49.4 Å². The molecular weight excluding hydrogens is 484 g/mol. The number of carbonyl (C=O) groups is 1. The predicted octanol–water partition coefficient (Wildman–Crippen LogP) is 6.88. The quantitative estimate of drug-likeness (QED) is 0.222. The number of hydrogen-bond donors (Lipinski definition) is 3. The second kappa shape index (κ2) is 11.1. The first-order chi connectivity index (χ1) is 19.0. The zero-order chi connectivity index (χ0) is 26.8. The minimum atomic E-state index is -0.144. The molecule has 6 nitrogen and oxygen atoms in total. The van der Waals surface area contributed by atoms with Gasteiger partial charge >= 0.3 is 0 Å². The SMILES string of the molecule is C[C@@H](NC(=O)c1ccc2[nH]c(O)c(C(=Nc3ccc(CN4CCCCC4)cc3)C3CC3)c2c1)c1ccccc1. The maximum absolute atomic E-state index is 13.2. The van der Waals surface area contributed by atoms with Crippen LogP contribution < -0.4 is 5.32 Å². The van der Waals surface area contributed by atoms with Crippen molar-refractivity contribution in [3.8, 4) is 5.88 Å². The summed E-state index contributed by atoms with van der Waals surface area (Å²) >= 11 is 0. The largest absolute Gasteiger partial charge is 0.494 e. The van der Waals surface area contributed by atoms with Crippen LogP contribution in [0.25, 0.3) is 10.9 Å². The summed E-state index contributed by atoms with van der Waals surface area (Å²) in [5.74, 6) is 0.264. The van der Waals surface area contributed by atoms with Gasteiger partial charge in [0.1, 0.15) is 0 Å². The molecular formula is C33H36N4O2. The number of aliphatic imine (C=N–C) groups is 1. The highest BCUT2D eigenvalue weighted by atomic mass is 16.3. The van der Waals surface area contributed by atoms with E-state index >= 15 is 0 Å². The predicted molar refractivity (Wildman–Crippen MR) is 157 cm³/mol. The molecule has 2 fully saturated rings. The van der Waals surface area contributed by atoms with Crippen LogP contribution in [0.15, 0.2) is 77.8 Å². The van der Waals surface area contributed by atoms with Crippen LogP contribution in [0.5, 0.6) is 5.88 Å². The molecule has 1 aliphatic carbocycles. The van der Waals surface area contributed by atoms with E-state index in [1.165, 1.54) is 37.9 Å². The highest BCUT2D eigenvalue weighted by Crippen LogP contribution is 2.40. The van der Waals surface area contributed by atoms with E-state index < -0.39 is 0 Å². The molecule has 1 amide bonds. The molecule has 0 radical (unpaired) electrons. The van der Waals surface area contributed by atoms with Gasteiger partial charge in [-0.1, -0.05) is 48.9 Å². The van der Waals surface area contributed by atoms with Crippen LogP contribution in [-0.4, -0.2) is 39.7 Å². The minimum absolute atomic E-state index is 0.104. The molecule has 1 saturated carbocycles. The normalized spacial score (nSPS) is 17.3. The molecule has 4 aromatic rings. The van der Waals surface area contributed by atoms with E-state index in [4.69, 9.17) is 4.99 Å². The average Bonchev–Trinajstić information content (AvgIpc) is 3.76. The molecule has 1 saturated heterocycles. The third kappa shape index (κ3) is 5.76. The van der Waals surface area contributed by atoms with Crippen molar-refractivity contribution in [1.29, 1.82) is 0 Å². The van der Waals surface area contributed by atoms with Gasteiger partial charge in [0.2, 0.25) is 0 Å². The lowest BCUT2D eigenvalue weighted by molar-refractivity contribution is 0.0940. The smallest absolute Gasteiger partial charge is 0.251 e. The monoisotopic (exact) mass is 520 g/mol. The molecule has 0 unspecified atom stereocenters. The number of likely N-dealkylation sites (tertiary alicyclic amines) is 1. The number of benzene rings is 3. The molecule has 6 heteroatoms. The van der Waals surface area contributed by atoms with Crippen LogP contribution >= 0.6 is 0 Å². The van der Waals surface area contributed by atoms with Gasteiger partial charge in [0, 0.05) is 28.9 Å². The Balaban J connectivity index is 1.27. The van der Waals surface area contributed by atoms with E-state index in [1.54, 1.807) is 6.07 Å². The Labute approximate surface area is 229 Å². The fourth-order valence-electron chi connectivity index (χ4n) is 5.58. The van der Waals surface area contributed by atoms with Crippen LogP contribution in [0.1, 0.15) is 72.1 Å². The van der Waals surface area contributed by atoms with Crippen molar-refractivity contribution in [1.82, 2.24) is 15.2 Å². The topological polar surface area (TPSA) is 80.7 Å². The number of carbonyl (C=O) groups excluding carboxylic acids is 1. The summed E-state index contributed by atoms with van der Waals surface area (Å²) in [5.41, 5.74) is 6.19. The van der Waals surface area contributed by atoms with Crippen molar-refractivity contribution in [2.45, 2.75) is 51.6 Å². The summed E-state index contributed by atoms with van der Waals surface area (Å²) in [6.07, 6.45) is 6.01. The molecule has 1 atom stereocenters. The van der Waals surface area contributed by atoms with Crippen molar-refractivity contribution in [2.24, 2.45) is 10.9 Å². The van der Waals surface area contributed by atoms with Crippen molar-refractivity contribution in [2.75, 3.05) is 13.1 Å². The number of aromatic amines is 1. The van der Waals surface area contributed by atoms with Gasteiger partial charge in [-0.2, -0.15) is 0 Å². The summed E-state index contributed by atoms with van der Waals surface area (Å²) in [5, 5.41) is 14.9. The molecule has 39 heavy (non-hydrogen) atoms. The molecule has 6 rings (SSSR count). The number of amides is 1. The molecule has 2 aliphatic rings. The van der Waals surface area contributed by atoms with Gasteiger partial charge in [-0.05, 0) is 87.2 Å². The summed E-state index contributed by atoms with van der Waals surface area (Å²) in [6, 6.07) is 23.8. The highest BCUT2D eigenvalue weighted by molar-refractivity contribution is 6.16. The van der Waals surface area contributed by atoms with Gasteiger partial charge in [0.15, 0.2) is 5.88 Å². The van der Waals surface area contributed by atoms with E-state index in [2.05, 4.69) is 39.5 Å². The standard InChI is InChI=1S/C33H36N4O2/c1-22(24-8-4-2-5-9-24)34-32(38)26-14-17-29-28(20-26)30(33(39)36-29)31(25-12-13-25)35-27-15-10-23(11-16-27)21-37-18-6-3-7-19-37/h2,4-5,8-11,14-17,20,22,25,36,39H,3,6-7,12-13,18-19,21H2,1H3,(H,34,38)/t22-/m1/s1. The summed E-state index contributed by atoms with van der Waals surface area (Å²) in [7, 11) is 0. The van der Waals surface area contributed by atoms with Crippen LogP contribution in [0, 0.1) is 5.92 Å². The molecule has 1 aromatic heterocycles. The third-order valence-electron chi connectivity index (χ3n) is 7.95. The fourth-order valence-corrected chi connectivity index (χ4v) is 5.58. The van der Waals surface area contributed by atoms with Crippen molar-refractivity contribution in [3.63, 3.8) is 0 Å². The van der Waals surface area contributed by atoms with Crippen molar-refractivity contribution >= 4 is 28.2 Å². The van der Waals surface area contributed by atoms with E-state index in [9.17, 15) is 9.90 Å². The Kier molecular flexibility index (Phi) is 7.20. The number of aromatic hydroxyl groups is 1. The molecule has 3 N–H and O–H groups in total. The molecule has 2 heterocycles. The van der Waals surface area contributed by atoms with Crippen LogP contribution in [0.2, 0.25) is 0 Å². The van der Waals surface area contributed by atoms with Crippen LogP contribution in [0.4, 0.5) is 5.69 Å². The van der Waals surface area contributed by atoms with Crippen LogP contribution in [0.3, 0.4) is 0 Å². The first-order valence-corrected chi connectivity index (χ1v) is 14.2. The maximum Gasteiger partial charge on any atom is 0.251 e. The second-order valence-electron chi connectivity index (χ2n) is 11.0. The lowest BCUT2D eigenvalue weighted by atomic mass is 10.0. The number of aromatic nitrogens is 1. The second-order valence-corrected chi connectivity index (χ2v) is 11.0. The summed E-state index contributed by atoms with van der Waals surface area (Å²) in [6.45, 7) is 5.32. The molecule has 200 valence electrons. The van der Waals surface area contributed by atoms with E-state index in [0.29, 0.717) is 17.0 Å². The molecule has 0 spiro atoms. The zero-order valence-corrected chi connectivity index (χ0v) is 22.5. The first kappa shape index (κ1) is 25.4. The number of nitrogens with zero attached hydrogens (tertiary/aromatic N) is 2. The van der Waals surface area contributed by atoms with Gasteiger partial charge in [-0.3, -0.25) is 14.7 Å². The number of fused-ring (bicyclic) bond motifs is 1. The van der Waals surface area contributed by atoms with Crippen molar-refractivity contribution < 1.29 is 9.90 Å². The molecule has 0 bridgehead atoms. The number of H-pyrrole nitrogens is 1. The summed E-state index contributed by atoms with van der Waals surface area (Å²) in [4.78, 5) is 23.8. The lowest BCUT2D eigenvalue weighted by Gasteiger charge is -2.26. The number of piperidine rings is 1. The lowest BCUT2D eigenvalue weighted by Crippen LogP contribution is -2.28. The Morgan fingerprint density at radius 3 is 2.49 bits per heavy atom. The van der Waals surface area contributed by atoms with Gasteiger partial charge in [-0.25, -0.2) is 0 Å². The van der Waals surface area contributed by atoms with Gasteiger partial charge in [-0.15, -0.1) is 0 Å². The number of nitrogens with one attached hydrogen (secondary N) is 2.